The van der Waals surface area contributed by atoms with Gasteiger partial charge in [0.25, 0.3) is 10.0 Å². The van der Waals surface area contributed by atoms with Crippen LogP contribution in [-0.2, 0) is 24.1 Å². The highest BCUT2D eigenvalue weighted by Gasteiger charge is 2.19. The molecule has 0 bridgehead atoms. The first-order chi connectivity index (χ1) is 12.2. The molecule has 3 rings (SSSR count). The molecule has 0 spiro atoms. The van der Waals surface area contributed by atoms with Gasteiger partial charge in [0, 0.05) is 14.1 Å². The van der Waals surface area contributed by atoms with Gasteiger partial charge in [-0.2, -0.15) is 0 Å². The summed E-state index contributed by atoms with van der Waals surface area (Å²) in [5.41, 5.74) is 2.27. The summed E-state index contributed by atoms with van der Waals surface area (Å²) in [4.78, 5) is 12.1. The van der Waals surface area contributed by atoms with Gasteiger partial charge in [-0.05, 0) is 42.8 Å². The predicted octanol–water partition coefficient (Wildman–Crippen LogP) is 2.65. The summed E-state index contributed by atoms with van der Waals surface area (Å²) in [5.74, 6) is 0.391. The van der Waals surface area contributed by atoms with E-state index in [0.717, 1.165) is 5.52 Å². The summed E-state index contributed by atoms with van der Waals surface area (Å²) in [6.45, 7) is 1.77. The summed E-state index contributed by atoms with van der Waals surface area (Å²) in [5, 5.41) is 0.202. The minimum absolute atomic E-state index is 0.0183. The summed E-state index contributed by atoms with van der Waals surface area (Å²) < 4.78 is 36.0. The lowest BCUT2D eigenvalue weighted by Gasteiger charge is -2.12. The van der Waals surface area contributed by atoms with Gasteiger partial charge in [-0.3, -0.25) is 13.9 Å². The van der Waals surface area contributed by atoms with E-state index in [1.54, 1.807) is 33.2 Å². The molecule has 0 saturated carbocycles. The molecule has 0 atom stereocenters. The lowest BCUT2D eigenvalue weighted by atomic mass is 10.2. The summed E-state index contributed by atoms with van der Waals surface area (Å²) >= 11 is 6.03. The topological polar surface area (TPSA) is 82.3 Å². The lowest BCUT2D eigenvalue weighted by Crippen LogP contribution is -2.19. The summed E-state index contributed by atoms with van der Waals surface area (Å²) in [7, 11) is 0.917. The molecule has 9 heteroatoms. The number of hydrogen-bond acceptors (Lipinski definition) is 4. The summed E-state index contributed by atoms with van der Waals surface area (Å²) in [6.07, 6.45) is 0. The second-order valence-corrected chi connectivity index (χ2v) is 8.05. The van der Waals surface area contributed by atoms with Crippen molar-refractivity contribution in [2.45, 2.75) is 11.8 Å². The van der Waals surface area contributed by atoms with Crippen LogP contribution < -0.4 is 15.1 Å². The Balaban J connectivity index is 2.07. The zero-order chi connectivity index (χ0) is 19.2. The van der Waals surface area contributed by atoms with Gasteiger partial charge in [0.2, 0.25) is 0 Å². The maximum absolute atomic E-state index is 12.7. The fraction of sp³-hybridized carbons (Fsp3) is 0.235. The first-order valence-corrected chi connectivity index (χ1v) is 9.54. The van der Waals surface area contributed by atoms with Crippen LogP contribution in [0.4, 0.5) is 5.69 Å². The number of halogens is 1. The van der Waals surface area contributed by atoms with Crippen molar-refractivity contribution in [3.05, 3.63) is 51.4 Å². The zero-order valence-corrected chi connectivity index (χ0v) is 16.3. The maximum Gasteiger partial charge on any atom is 0.328 e. The molecule has 0 radical (unpaired) electrons. The maximum atomic E-state index is 12.7. The van der Waals surface area contributed by atoms with E-state index >= 15 is 0 Å². The fourth-order valence-electron chi connectivity index (χ4n) is 2.78. The molecule has 0 unspecified atom stereocenters. The van der Waals surface area contributed by atoms with Gasteiger partial charge < -0.3 is 4.74 Å². The van der Waals surface area contributed by atoms with Crippen LogP contribution in [0, 0.1) is 6.92 Å². The number of aromatic nitrogens is 2. The number of hydrogen-bond donors (Lipinski definition) is 1. The van der Waals surface area contributed by atoms with Gasteiger partial charge in [-0.1, -0.05) is 11.6 Å². The Bertz CT molecular complexity index is 1180. The third-order valence-electron chi connectivity index (χ3n) is 4.30. The number of aryl methyl sites for hydroxylation is 3. The van der Waals surface area contributed by atoms with Gasteiger partial charge in [0.05, 0.1) is 33.7 Å². The molecule has 138 valence electrons. The van der Waals surface area contributed by atoms with Gasteiger partial charge in [0.1, 0.15) is 5.75 Å². The smallest absolute Gasteiger partial charge is 0.328 e. The highest BCUT2D eigenvalue weighted by molar-refractivity contribution is 7.92. The van der Waals surface area contributed by atoms with Crippen molar-refractivity contribution in [1.29, 1.82) is 0 Å². The number of imidazole rings is 1. The number of nitrogens with zero attached hydrogens (tertiary/aromatic N) is 2. The highest BCUT2D eigenvalue weighted by atomic mass is 35.5. The van der Waals surface area contributed by atoms with Crippen LogP contribution >= 0.6 is 11.6 Å². The Morgan fingerprint density at radius 1 is 1.08 bits per heavy atom. The molecule has 0 aliphatic heterocycles. The van der Waals surface area contributed by atoms with Crippen molar-refractivity contribution in [3.63, 3.8) is 0 Å². The second-order valence-electron chi connectivity index (χ2n) is 5.96. The Kier molecular flexibility index (Phi) is 4.49. The van der Waals surface area contributed by atoms with E-state index in [4.69, 9.17) is 16.3 Å². The highest BCUT2D eigenvalue weighted by Crippen LogP contribution is 2.29. The molecule has 26 heavy (non-hydrogen) atoms. The SMILES string of the molecule is COc1ccc(S(=O)(=O)Nc2cc3c(cc2C)n(C)c(=O)n3C)cc1Cl. The zero-order valence-electron chi connectivity index (χ0n) is 14.7. The van der Waals surface area contributed by atoms with Crippen molar-refractivity contribution in [2.75, 3.05) is 11.8 Å². The third-order valence-corrected chi connectivity index (χ3v) is 5.95. The quantitative estimate of drug-likeness (QED) is 0.736. The van der Waals surface area contributed by atoms with Crippen LogP contribution in [0.15, 0.2) is 40.0 Å². The van der Waals surface area contributed by atoms with Crippen molar-refractivity contribution in [2.24, 2.45) is 14.1 Å². The van der Waals surface area contributed by atoms with Gasteiger partial charge in [0.15, 0.2) is 0 Å². The number of ether oxygens (including phenoxy) is 1. The number of anilines is 1. The molecular weight excluding hydrogens is 378 g/mol. The molecule has 0 saturated heterocycles. The van der Waals surface area contributed by atoms with E-state index < -0.39 is 10.0 Å². The largest absolute Gasteiger partial charge is 0.495 e. The number of fused-ring (bicyclic) bond motifs is 1. The van der Waals surface area contributed by atoms with Crippen LogP contribution in [0.5, 0.6) is 5.75 Å². The van der Waals surface area contributed by atoms with Crippen LogP contribution in [0.3, 0.4) is 0 Å². The van der Waals surface area contributed by atoms with E-state index in [2.05, 4.69) is 4.72 Å². The standard InChI is InChI=1S/C17H18ClN3O4S/c1-10-7-14-15(21(3)17(22)20(14)2)9-13(10)19-26(23,24)11-5-6-16(25-4)12(18)8-11/h5-9,19H,1-4H3. The first kappa shape index (κ1) is 18.3. The molecule has 1 N–H and O–H groups in total. The van der Waals surface area contributed by atoms with Gasteiger partial charge >= 0.3 is 5.69 Å². The average molecular weight is 396 g/mol. The number of nitrogens with one attached hydrogen (secondary N) is 1. The first-order valence-electron chi connectivity index (χ1n) is 7.68. The molecular formula is C17H18ClN3O4S. The molecule has 3 aromatic rings. The van der Waals surface area contributed by atoms with Crippen molar-refractivity contribution in [3.8, 4) is 5.75 Å². The van der Waals surface area contributed by atoms with Gasteiger partial charge in [-0.15, -0.1) is 0 Å². The fourth-order valence-corrected chi connectivity index (χ4v) is 4.25. The third kappa shape index (κ3) is 2.95. The van der Waals surface area contributed by atoms with Crippen LogP contribution in [0.2, 0.25) is 5.02 Å². The van der Waals surface area contributed by atoms with Crippen molar-refractivity contribution < 1.29 is 13.2 Å². The molecule has 0 fully saturated rings. The number of benzene rings is 2. The Labute approximate surface area is 155 Å². The summed E-state index contributed by atoms with van der Waals surface area (Å²) in [6, 6.07) is 7.66. The van der Waals surface area contributed by atoms with E-state index in [9.17, 15) is 13.2 Å². The van der Waals surface area contributed by atoms with Crippen LogP contribution in [-0.4, -0.2) is 24.7 Å². The average Bonchev–Trinajstić information content (AvgIpc) is 2.79. The molecule has 0 amide bonds. The Morgan fingerprint density at radius 2 is 1.69 bits per heavy atom. The van der Waals surface area contributed by atoms with E-state index in [1.165, 1.54) is 34.4 Å². The lowest BCUT2D eigenvalue weighted by molar-refractivity contribution is 0.414. The number of methoxy groups -OCH3 is 1. The van der Waals surface area contributed by atoms with Gasteiger partial charge in [-0.25, -0.2) is 13.2 Å². The van der Waals surface area contributed by atoms with Crippen LogP contribution in [0.25, 0.3) is 11.0 Å². The predicted molar refractivity (Wildman–Crippen MR) is 102 cm³/mol. The molecule has 0 aliphatic rings. The van der Waals surface area contributed by atoms with Crippen molar-refractivity contribution >= 4 is 38.3 Å². The molecule has 2 aromatic carbocycles. The Hall–Kier alpha value is -2.45. The minimum atomic E-state index is -3.85. The molecule has 1 aromatic heterocycles. The molecule has 7 nitrogen and oxygen atoms in total. The minimum Gasteiger partial charge on any atom is -0.495 e. The van der Waals surface area contributed by atoms with E-state index in [0.29, 0.717) is 22.5 Å². The number of sulfonamides is 1. The normalized spacial score (nSPS) is 11.7. The second kappa shape index (κ2) is 6.37. The molecule has 0 aliphatic carbocycles. The number of rotatable bonds is 4. The van der Waals surface area contributed by atoms with Crippen molar-refractivity contribution in [1.82, 2.24) is 9.13 Å². The van der Waals surface area contributed by atoms with E-state index in [1.807, 2.05) is 0 Å². The monoisotopic (exact) mass is 395 g/mol. The molecule has 1 heterocycles. The van der Waals surface area contributed by atoms with Crippen LogP contribution in [0.1, 0.15) is 5.56 Å². The Morgan fingerprint density at radius 3 is 2.27 bits per heavy atom. The van der Waals surface area contributed by atoms with E-state index in [-0.39, 0.29) is 15.6 Å².